The third-order valence-electron chi connectivity index (χ3n) is 2.40. The third kappa shape index (κ3) is 5.55. The summed E-state index contributed by atoms with van der Waals surface area (Å²) in [6.07, 6.45) is 2.21. The first-order valence-corrected chi connectivity index (χ1v) is 7.66. The van der Waals surface area contributed by atoms with Crippen LogP contribution in [0.25, 0.3) is 0 Å². The van der Waals surface area contributed by atoms with Crippen LogP contribution < -0.4 is 0 Å². The molecule has 0 radical (unpaired) electrons. The Balaban J connectivity index is 0.00000196. The Hall–Kier alpha value is -0.0500. The minimum Gasteiger partial charge on any atom is -0.481 e. The summed E-state index contributed by atoms with van der Waals surface area (Å²) < 4.78 is 11.6. The largest absolute Gasteiger partial charge is 0.481 e. The molecular formula is C9H19ClNO3P. The molecule has 1 aliphatic rings. The summed E-state index contributed by atoms with van der Waals surface area (Å²) in [5, 5.41) is 8.86. The molecule has 0 saturated carbocycles. The smallest absolute Gasteiger partial charge is 0.307 e. The summed E-state index contributed by atoms with van der Waals surface area (Å²) >= 11 is 0. The topological polar surface area (TPSA) is 57.6 Å². The van der Waals surface area contributed by atoms with Crippen molar-refractivity contribution in [3.63, 3.8) is 0 Å². The number of halogens is 1. The molecule has 1 unspecified atom stereocenters. The summed E-state index contributed by atoms with van der Waals surface area (Å²) in [7, 11) is -2.06. The Bertz CT molecular complexity index is 266. The lowest BCUT2D eigenvalue weighted by atomic mass is 9.99. The molecule has 0 aromatic rings. The van der Waals surface area contributed by atoms with Crippen LogP contribution in [0.5, 0.6) is 0 Å². The van der Waals surface area contributed by atoms with Gasteiger partial charge in [-0.2, -0.15) is 0 Å². The molecular weight excluding hydrogens is 237 g/mol. The summed E-state index contributed by atoms with van der Waals surface area (Å²) in [5.41, 5.74) is 0. The van der Waals surface area contributed by atoms with Gasteiger partial charge in [-0.3, -0.25) is 9.69 Å². The first kappa shape index (κ1) is 14.9. The lowest BCUT2D eigenvalue weighted by molar-refractivity contribution is -0.143. The van der Waals surface area contributed by atoms with Gasteiger partial charge in [0.1, 0.15) is 0 Å². The molecule has 4 nitrogen and oxygen atoms in total. The van der Waals surface area contributed by atoms with E-state index in [2.05, 4.69) is 0 Å². The normalized spacial score (nSPS) is 23.2. The molecule has 0 aromatic heterocycles. The maximum Gasteiger partial charge on any atom is 0.307 e. The van der Waals surface area contributed by atoms with Gasteiger partial charge in [0.15, 0.2) is 0 Å². The maximum atomic E-state index is 11.6. The quantitative estimate of drug-likeness (QED) is 0.781. The van der Waals surface area contributed by atoms with Crippen molar-refractivity contribution in [2.45, 2.75) is 12.8 Å². The van der Waals surface area contributed by atoms with Crippen molar-refractivity contribution in [1.82, 2.24) is 4.90 Å². The van der Waals surface area contributed by atoms with Gasteiger partial charge in [0, 0.05) is 6.54 Å². The van der Waals surface area contributed by atoms with Crippen molar-refractivity contribution in [1.29, 1.82) is 0 Å². The highest BCUT2D eigenvalue weighted by Gasteiger charge is 2.27. The Labute approximate surface area is 96.8 Å². The van der Waals surface area contributed by atoms with Crippen molar-refractivity contribution >= 4 is 25.5 Å². The van der Waals surface area contributed by atoms with Gasteiger partial charge in [0.25, 0.3) is 0 Å². The van der Waals surface area contributed by atoms with E-state index in [4.69, 9.17) is 5.11 Å². The Morgan fingerprint density at radius 3 is 2.60 bits per heavy atom. The Kier molecular flexibility index (Phi) is 5.86. The van der Waals surface area contributed by atoms with Gasteiger partial charge >= 0.3 is 5.97 Å². The highest BCUT2D eigenvalue weighted by molar-refractivity contribution is 7.62. The van der Waals surface area contributed by atoms with Crippen LogP contribution in [0.15, 0.2) is 0 Å². The predicted octanol–water partition coefficient (Wildman–Crippen LogP) is 1.78. The van der Waals surface area contributed by atoms with E-state index in [1.54, 1.807) is 13.3 Å². The molecule has 15 heavy (non-hydrogen) atoms. The number of carboxylic acid groups (broad SMARTS) is 1. The summed E-state index contributed by atoms with van der Waals surface area (Å²) in [6, 6.07) is 0. The van der Waals surface area contributed by atoms with Crippen molar-refractivity contribution < 1.29 is 14.5 Å². The van der Waals surface area contributed by atoms with E-state index in [1.165, 1.54) is 0 Å². The predicted molar refractivity (Wildman–Crippen MR) is 63.5 cm³/mol. The highest BCUT2D eigenvalue weighted by atomic mass is 35.5. The average molecular weight is 256 g/mol. The number of piperidine rings is 1. The molecule has 0 aromatic carbocycles. The van der Waals surface area contributed by atoms with Crippen LogP contribution in [0, 0.1) is 5.92 Å². The molecule has 1 N–H and O–H groups in total. The number of carboxylic acids is 1. The first-order chi connectivity index (χ1) is 6.38. The zero-order valence-corrected chi connectivity index (χ0v) is 10.9. The zero-order chi connectivity index (χ0) is 10.8. The molecule has 90 valence electrons. The van der Waals surface area contributed by atoms with Crippen molar-refractivity contribution in [2.75, 3.05) is 32.7 Å². The molecule has 1 saturated heterocycles. The third-order valence-corrected chi connectivity index (χ3v) is 3.48. The van der Waals surface area contributed by atoms with Crippen LogP contribution in [0.1, 0.15) is 12.8 Å². The van der Waals surface area contributed by atoms with E-state index in [0.29, 0.717) is 12.8 Å². The minimum atomic E-state index is -2.06. The van der Waals surface area contributed by atoms with Gasteiger partial charge < -0.3 is 9.67 Å². The Morgan fingerprint density at radius 2 is 2.13 bits per heavy atom. The fourth-order valence-corrected chi connectivity index (χ4v) is 3.09. The van der Waals surface area contributed by atoms with Gasteiger partial charge in [-0.05, 0) is 32.7 Å². The fourth-order valence-electron chi connectivity index (χ4n) is 1.87. The SMILES string of the molecule is CP(C)(=O)CN1CCCC(C(=O)O)C1.Cl. The van der Waals surface area contributed by atoms with E-state index in [1.807, 2.05) is 4.90 Å². The Morgan fingerprint density at radius 1 is 1.53 bits per heavy atom. The number of nitrogens with zero attached hydrogens (tertiary/aromatic N) is 1. The zero-order valence-electron chi connectivity index (χ0n) is 9.18. The monoisotopic (exact) mass is 255 g/mol. The van der Waals surface area contributed by atoms with Gasteiger partial charge in [0.2, 0.25) is 0 Å². The average Bonchev–Trinajstić information content (AvgIpc) is 2.01. The number of rotatable bonds is 3. The van der Waals surface area contributed by atoms with Gasteiger partial charge in [0.05, 0.1) is 19.3 Å². The molecule has 1 rings (SSSR count). The van der Waals surface area contributed by atoms with Crippen LogP contribution in [0.3, 0.4) is 0 Å². The number of hydrogen-bond donors (Lipinski definition) is 1. The molecule has 0 amide bonds. The molecule has 1 aliphatic heterocycles. The summed E-state index contributed by atoms with van der Waals surface area (Å²) in [4.78, 5) is 12.8. The summed E-state index contributed by atoms with van der Waals surface area (Å²) in [6.45, 7) is 4.94. The number of likely N-dealkylation sites (tertiary alicyclic amines) is 1. The van der Waals surface area contributed by atoms with E-state index >= 15 is 0 Å². The van der Waals surface area contributed by atoms with Crippen molar-refractivity contribution in [3.05, 3.63) is 0 Å². The van der Waals surface area contributed by atoms with Crippen LogP contribution in [0.4, 0.5) is 0 Å². The second-order valence-corrected chi connectivity index (χ2v) is 7.90. The number of carbonyl (C=O) groups is 1. The lowest BCUT2D eigenvalue weighted by Gasteiger charge is -2.31. The van der Waals surface area contributed by atoms with Gasteiger partial charge in [-0.1, -0.05) is 0 Å². The molecule has 1 heterocycles. The minimum absolute atomic E-state index is 0. The van der Waals surface area contributed by atoms with Crippen molar-refractivity contribution in [3.8, 4) is 0 Å². The lowest BCUT2D eigenvalue weighted by Crippen LogP contribution is -2.38. The number of aliphatic carboxylic acids is 1. The molecule has 0 spiro atoms. The van der Waals surface area contributed by atoms with E-state index in [-0.39, 0.29) is 18.3 Å². The molecule has 6 heteroatoms. The van der Waals surface area contributed by atoms with Gasteiger partial charge in [-0.15, -0.1) is 12.4 Å². The molecule has 1 atom stereocenters. The highest BCUT2D eigenvalue weighted by Crippen LogP contribution is 2.37. The fraction of sp³-hybridized carbons (Fsp3) is 0.889. The second-order valence-electron chi connectivity index (χ2n) is 4.47. The molecule has 0 bridgehead atoms. The molecule has 0 aliphatic carbocycles. The van der Waals surface area contributed by atoms with Crippen LogP contribution in [-0.4, -0.2) is 48.7 Å². The number of hydrogen-bond acceptors (Lipinski definition) is 3. The standard InChI is InChI=1S/C9H18NO3P.ClH/c1-14(2,13)7-10-5-3-4-8(6-10)9(11)12;/h8H,3-7H2,1-2H3,(H,11,12);1H. The van der Waals surface area contributed by atoms with Crippen molar-refractivity contribution in [2.24, 2.45) is 5.92 Å². The first-order valence-electron chi connectivity index (χ1n) is 4.87. The summed E-state index contributed by atoms with van der Waals surface area (Å²) in [5.74, 6) is -0.993. The maximum absolute atomic E-state index is 11.6. The van der Waals surface area contributed by atoms with Crippen LogP contribution >= 0.6 is 19.5 Å². The van der Waals surface area contributed by atoms with Gasteiger partial charge in [-0.25, -0.2) is 0 Å². The van der Waals surface area contributed by atoms with E-state index in [9.17, 15) is 9.36 Å². The molecule has 1 fully saturated rings. The van der Waals surface area contributed by atoms with Crippen LogP contribution in [-0.2, 0) is 9.36 Å². The van der Waals surface area contributed by atoms with E-state index < -0.39 is 13.1 Å². The second kappa shape index (κ2) is 5.88. The van der Waals surface area contributed by atoms with E-state index in [0.717, 1.165) is 19.4 Å². The van der Waals surface area contributed by atoms with Crippen LogP contribution in [0.2, 0.25) is 0 Å².